The third-order valence-corrected chi connectivity index (χ3v) is 5.49. The summed E-state index contributed by atoms with van der Waals surface area (Å²) in [5, 5.41) is 5.24. The SMILES string of the molecule is CN1C[C@H]2C[C@@H](OC(=O)c3nn(C)c4ccccc34)C[C@@H](C1)N2C. The summed E-state index contributed by atoms with van der Waals surface area (Å²) in [5.41, 5.74) is 1.38. The van der Waals surface area contributed by atoms with Crippen LogP contribution in [0.15, 0.2) is 24.3 Å². The van der Waals surface area contributed by atoms with Crippen LogP contribution in [0, 0.1) is 0 Å². The van der Waals surface area contributed by atoms with Gasteiger partial charge in [0.2, 0.25) is 0 Å². The zero-order valence-corrected chi connectivity index (χ0v) is 14.5. The molecule has 0 amide bonds. The highest BCUT2D eigenvalue weighted by molar-refractivity contribution is 6.02. The molecule has 1 aromatic heterocycles. The van der Waals surface area contributed by atoms with E-state index in [1.54, 1.807) is 4.68 Å². The summed E-state index contributed by atoms with van der Waals surface area (Å²) < 4.78 is 7.60. The van der Waals surface area contributed by atoms with E-state index in [0.717, 1.165) is 36.8 Å². The number of likely N-dealkylation sites (N-methyl/N-ethyl adjacent to an activating group) is 2. The minimum atomic E-state index is -0.298. The summed E-state index contributed by atoms with van der Waals surface area (Å²) in [4.78, 5) is 17.5. The number of aromatic nitrogens is 2. The molecule has 0 N–H and O–H groups in total. The molecule has 6 nitrogen and oxygen atoms in total. The molecule has 3 atom stereocenters. The Hall–Kier alpha value is -1.92. The Labute approximate surface area is 142 Å². The van der Waals surface area contributed by atoms with E-state index in [2.05, 4.69) is 29.0 Å². The summed E-state index contributed by atoms with van der Waals surface area (Å²) in [5.74, 6) is -0.298. The smallest absolute Gasteiger partial charge is 0.359 e. The highest BCUT2D eigenvalue weighted by atomic mass is 16.5. The van der Waals surface area contributed by atoms with Crippen molar-refractivity contribution >= 4 is 16.9 Å². The lowest BCUT2D eigenvalue weighted by Gasteiger charge is -2.49. The van der Waals surface area contributed by atoms with Gasteiger partial charge in [0.1, 0.15) is 6.10 Å². The van der Waals surface area contributed by atoms with Crippen molar-refractivity contribution in [3.8, 4) is 0 Å². The molecule has 4 rings (SSSR count). The molecule has 6 heteroatoms. The molecule has 2 fully saturated rings. The van der Waals surface area contributed by atoms with E-state index in [1.807, 2.05) is 31.3 Å². The van der Waals surface area contributed by atoms with E-state index < -0.39 is 0 Å². The number of rotatable bonds is 2. The molecule has 2 aromatic rings. The maximum Gasteiger partial charge on any atom is 0.359 e. The van der Waals surface area contributed by atoms with Gasteiger partial charge in [-0.2, -0.15) is 5.10 Å². The highest BCUT2D eigenvalue weighted by Gasteiger charge is 2.39. The van der Waals surface area contributed by atoms with Gasteiger partial charge >= 0.3 is 5.97 Å². The number of likely N-dealkylation sites (tertiary alicyclic amines) is 1. The minimum absolute atomic E-state index is 0.0156. The topological polar surface area (TPSA) is 50.6 Å². The van der Waals surface area contributed by atoms with Crippen molar-refractivity contribution < 1.29 is 9.53 Å². The Kier molecular flexibility index (Phi) is 3.81. The Balaban J connectivity index is 1.52. The summed E-state index contributed by atoms with van der Waals surface area (Å²) in [6, 6.07) is 8.69. The number of aryl methyl sites for hydroxylation is 1. The van der Waals surface area contributed by atoms with Gasteiger partial charge in [0, 0.05) is 50.4 Å². The first-order valence-electron chi connectivity index (χ1n) is 8.56. The molecule has 2 aliphatic heterocycles. The number of carbonyl (C=O) groups excluding carboxylic acids is 1. The Morgan fingerprint density at radius 1 is 1.12 bits per heavy atom. The van der Waals surface area contributed by atoms with Crippen LogP contribution in [0.5, 0.6) is 0 Å². The zero-order chi connectivity index (χ0) is 16.8. The number of piperazine rings is 1. The second kappa shape index (κ2) is 5.86. The first kappa shape index (κ1) is 15.6. The van der Waals surface area contributed by atoms with E-state index in [4.69, 9.17) is 4.74 Å². The molecule has 128 valence electrons. The third kappa shape index (κ3) is 2.59. The average molecular weight is 328 g/mol. The summed E-state index contributed by atoms with van der Waals surface area (Å²) in [6.45, 7) is 2.07. The number of fused-ring (bicyclic) bond motifs is 3. The number of hydrogen-bond acceptors (Lipinski definition) is 5. The fourth-order valence-electron chi connectivity index (χ4n) is 4.20. The van der Waals surface area contributed by atoms with Gasteiger partial charge in [0.15, 0.2) is 5.69 Å². The molecule has 2 bridgehead atoms. The van der Waals surface area contributed by atoms with Gasteiger partial charge in [0.25, 0.3) is 0 Å². The fraction of sp³-hybridized carbons (Fsp3) is 0.556. The van der Waals surface area contributed by atoms with Crippen LogP contribution in [0.3, 0.4) is 0 Å². The van der Waals surface area contributed by atoms with Crippen LogP contribution in [0.25, 0.3) is 10.9 Å². The number of esters is 1. The molecular formula is C18H24N4O2. The number of benzene rings is 1. The summed E-state index contributed by atoms with van der Waals surface area (Å²) >= 11 is 0. The Morgan fingerprint density at radius 3 is 2.50 bits per heavy atom. The zero-order valence-electron chi connectivity index (χ0n) is 14.5. The van der Waals surface area contributed by atoms with Crippen molar-refractivity contribution in [1.29, 1.82) is 0 Å². The normalized spacial score (nSPS) is 28.2. The van der Waals surface area contributed by atoms with Gasteiger partial charge in [-0.3, -0.25) is 9.58 Å². The number of carbonyl (C=O) groups is 1. The molecule has 0 unspecified atom stereocenters. The van der Waals surface area contributed by atoms with E-state index in [-0.39, 0.29) is 12.1 Å². The van der Waals surface area contributed by atoms with E-state index in [0.29, 0.717) is 17.8 Å². The Morgan fingerprint density at radius 2 is 1.79 bits per heavy atom. The molecule has 0 aliphatic carbocycles. The monoisotopic (exact) mass is 328 g/mol. The first-order chi connectivity index (χ1) is 11.5. The molecule has 0 radical (unpaired) electrons. The van der Waals surface area contributed by atoms with Crippen LogP contribution in [0.2, 0.25) is 0 Å². The molecule has 2 aliphatic rings. The van der Waals surface area contributed by atoms with Crippen LogP contribution < -0.4 is 0 Å². The summed E-state index contributed by atoms with van der Waals surface area (Å²) in [6.07, 6.45) is 1.78. The van der Waals surface area contributed by atoms with Crippen LogP contribution in [-0.4, -0.2) is 70.9 Å². The van der Waals surface area contributed by atoms with E-state index in [1.165, 1.54) is 0 Å². The standard InChI is InChI=1S/C18H24N4O2/c1-20-10-12-8-14(9-13(11-20)21(12)2)24-18(23)17-15-6-4-5-7-16(15)22(3)19-17/h4-7,12-14H,8-11H2,1-3H3/t12-,13+,14-. The van der Waals surface area contributed by atoms with Crippen molar-refractivity contribution in [3.63, 3.8) is 0 Å². The quantitative estimate of drug-likeness (QED) is 0.782. The van der Waals surface area contributed by atoms with E-state index >= 15 is 0 Å². The van der Waals surface area contributed by atoms with Crippen LogP contribution in [0.4, 0.5) is 0 Å². The second-order valence-electron chi connectivity index (χ2n) is 7.18. The van der Waals surface area contributed by atoms with Crippen molar-refractivity contribution in [1.82, 2.24) is 19.6 Å². The van der Waals surface area contributed by atoms with E-state index in [9.17, 15) is 4.79 Å². The van der Waals surface area contributed by atoms with Gasteiger partial charge in [-0.05, 0) is 20.2 Å². The lowest BCUT2D eigenvalue weighted by atomic mass is 9.90. The van der Waals surface area contributed by atoms with Crippen LogP contribution >= 0.6 is 0 Å². The van der Waals surface area contributed by atoms with Gasteiger partial charge < -0.3 is 9.64 Å². The first-order valence-corrected chi connectivity index (χ1v) is 8.56. The van der Waals surface area contributed by atoms with Crippen LogP contribution in [-0.2, 0) is 11.8 Å². The Bertz CT molecular complexity index is 755. The van der Waals surface area contributed by atoms with Gasteiger partial charge in [-0.25, -0.2) is 4.79 Å². The van der Waals surface area contributed by atoms with Crippen LogP contribution in [0.1, 0.15) is 23.3 Å². The lowest BCUT2D eigenvalue weighted by Crippen LogP contribution is -2.61. The van der Waals surface area contributed by atoms with Gasteiger partial charge in [0.05, 0.1) is 5.52 Å². The molecular weight excluding hydrogens is 304 g/mol. The van der Waals surface area contributed by atoms with Crippen molar-refractivity contribution in [3.05, 3.63) is 30.0 Å². The summed E-state index contributed by atoms with van der Waals surface area (Å²) in [7, 11) is 6.21. The van der Waals surface area contributed by atoms with Crippen molar-refractivity contribution in [2.45, 2.75) is 31.0 Å². The predicted octanol–water partition coefficient (Wildman–Crippen LogP) is 1.51. The fourth-order valence-corrected chi connectivity index (χ4v) is 4.20. The minimum Gasteiger partial charge on any atom is -0.457 e. The number of ether oxygens (including phenoxy) is 1. The third-order valence-electron chi connectivity index (χ3n) is 5.49. The molecule has 0 spiro atoms. The van der Waals surface area contributed by atoms with Crippen molar-refractivity contribution in [2.24, 2.45) is 7.05 Å². The van der Waals surface area contributed by atoms with Gasteiger partial charge in [-0.1, -0.05) is 18.2 Å². The number of para-hydroxylation sites is 1. The highest BCUT2D eigenvalue weighted by Crippen LogP contribution is 2.29. The number of nitrogens with zero attached hydrogens (tertiary/aromatic N) is 4. The second-order valence-corrected chi connectivity index (χ2v) is 7.18. The lowest BCUT2D eigenvalue weighted by molar-refractivity contribution is -0.0492. The predicted molar refractivity (Wildman–Crippen MR) is 92.0 cm³/mol. The maximum absolute atomic E-state index is 12.7. The van der Waals surface area contributed by atoms with Crippen molar-refractivity contribution in [2.75, 3.05) is 27.2 Å². The molecule has 1 aromatic carbocycles. The molecule has 0 saturated carbocycles. The maximum atomic E-state index is 12.7. The average Bonchev–Trinajstić information content (AvgIpc) is 2.87. The molecule has 3 heterocycles. The molecule has 24 heavy (non-hydrogen) atoms. The molecule has 2 saturated heterocycles. The largest absolute Gasteiger partial charge is 0.457 e. The van der Waals surface area contributed by atoms with Gasteiger partial charge in [-0.15, -0.1) is 0 Å². The number of hydrogen-bond donors (Lipinski definition) is 0. The number of piperidine rings is 1.